The molecule has 0 saturated carbocycles. The number of halogens is 2. The number of hydrogen-bond donors (Lipinski definition) is 0. The first kappa shape index (κ1) is 11.8. The summed E-state index contributed by atoms with van der Waals surface area (Å²) in [4.78, 5) is 11.8. The molecule has 0 saturated heterocycles. The number of carbonyl (C=O) groups excluding carboxylic acids is 1. The summed E-state index contributed by atoms with van der Waals surface area (Å²) in [5, 5.41) is 0. The van der Waals surface area contributed by atoms with Crippen LogP contribution in [0.4, 0.5) is 8.78 Å². The molecule has 0 heterocycles. The number of ketones is 1. The lowest BCUT2D eigenvalue weighted by Crippen LogP contribution is -2.21. The predicted octanol–water partition coefficient (Wildman–Crippen LogP) is 3.50. The van der Waals surface area contributed by atoms with E-state index in [-0.39, 0.29) is 16.9 Å². The maximum absolute atomic E-state index is 13.4. The van der Waals surface area contributed by atoms with Crippen LogP contribution in [0.25, 0.3) is 0 Å². The SMILES string of the molecule is Cc1cc(C(=O)C(C)(C)C)c(F)cc1F. The second-order valence-corrected chi connectivity index (χ2v) is 4.66. The van der Waals surface area contributed by atoms with Crippen LogP contribution in [0.2, 0.25) is 0 Å². The van der Waals surface area contributed by atoms with E-state index in [1.807, 2.05) is 0 Å². The molecule has 0 amide bonds. The van der Waals surface area contributed by atoms with Crippen LogP contribution in [0, 0.1) is 24.0 Å². The van der Waals surface area contributed by atoms with E-state index in [0.29, 0.717) is 0 Å². The van der Waals surface area contributed by atoms with Gasteiger partial charge in [0.25, 0.3) is 0 Å². The minimum atomic E-state index is -0.793. The Balaban J connectivity index is 3.28. The molecule has 0 aliphatic rings. The summed E-state index contributed by atoms with van der Waals surface area (Å²) in [5.41, 5.74) is -0.420. The number of aryl methyl sites for hydroxylation is 1. The molecule has 1 nitrogen and oxygen atoms in total. The van der Waals surface area contributed by atoms with Crippen molar-refractivity contribution in [2.45, 2.75) is 27.7 Å². The lowest BCUT2D eigenvalue weighted by Gasteiger charge is -2.17. The Morgan fingerprint density at radius 3 is 2.13 bits per heavy atom. The van der Waals surface area contributed by atoms with Crippen LogP contribution >= 0.6 is 0 Å². The predicted molar refractivity (Wildman–Crippen MR) is 54.9 cm³/mol. The van der Waals surface area contributed by atoms with Gasteiger partial charge >= 0.3 is 0 Å². The van der Waals surface area contributed by atoms with Crippen molar-refractivity contribution in [3.8, 4) is 0 Å². The van der Waals surface area contributed by atoms with Crippen molar-refractivity contribution in [1.29, 1.82) is 0 Å². The molecule has 0 unspecified atom stereocenters. The molecular weight excluding hydrogens is 198 g/mol. The van der Waals surface area contributed by atoms with Crippen molar-refractivity contribution in [3.05, 3.63) is 34.9 Å². The van der Waals surface area contributed by atoms with Crippen LogP contribution in [-0.2, 0) is 0 Å². The zero-order chi connectivity index (χ0) is 11.8. The Labute approximate surface area is 88.1 Å². The molecule has 0 atom stereocenters. The van der Waals surface area contributed by atoms with Gasteiger partial charge in [0, 0.05) is 11.5 Å². The summed E-state index contributed by atoms with van der Waals surface area (Å²) < 4.78 is 26.3. The van der Waals surface area contributed by atoms with Gasteiger partial charge in [-0.3, -0.25) is 4.79 Å². The monoisotopic (exact) mass is 212 g/mol. The zero-order valence-corrected chi connectivity index (χ0v) is 9.32. The highest BCUT2D eigenvalue weighted by atomic mass is 19.1. The molecular formula is C12H14F2O. The molecule has 1 rings (SSSR count). The van der Waals surface area contributed by atoms with Crippen LogP contribution in [0.1, 0.15) is 36.7 Å². The highest BCUT2D eigenvalue weighted by Crippen LogP contribution is 2.24. The first-order chi connectivity index (χ1) is 6.73. The highest BCUT2D eigenvalue weighted by Gasteiger charge is 2.26. The Hall–Kier alpha value is -1.25. The molecule has 0 aliphatic carbocycles. The number of carbonyl (C=O) groups is 1. The van der Waals surface area contributed by atoms with Crippen LogP contribution in [0.15, 0.2) is 12.1 Å². The third-order valence-electron chi connectivity index (χ3n) is 2.17. The summed E-state index contributed by atoms with van der Waals surface area (Å²) in [6.45, 7) is 6.61. The van der Waals surface area contributed by atoms with Gasteiger partial charge in [0.05, 0.1) is 5.56 Å². The average molecular weight is 212 g/mol. The number of rotatable bonds is 1. The third kappa shape index (κ3) is 2.41. The van der Waals surface area contributed by atoms with E-state index in [2.05, 4.69) is 0 Å². The first-order valence-electron chi connectivity index (χ1n) is 4.74. The van der Waals surface area contributed by atoms with Crippen molar-refractivity contribution in [3.63, 3.8) is 0 Å². The smallest absolute Gasteiger partial charge is 0.171 e. The fourth-order valence-corrected chi connectivity index (χ4v) is 1.24. The lowest BCUT2D eigenvalue weighted by atomic mass is 9.86. The van der Waals surface area contributed by atoms with Gasteiger partial charge in [0.15, 0.2) is 5.78 Å². The molecule has 82 valence electrons. The summed E-state index contributed by atoms with van der Waals surface area (Å²) >= 11 is 0. The largest absolute Gasteiger partial charge is 0.293 e. The van der Waals surface area contributed by atoms with E-state index < -0.39 is 17.0 Å². The van der Waals surface area contributed by atoms with E-state index in [9.17, 15) is 13.6 Å². The van der Waals surface area contributed by atoms with Gasteiger partial charge in [-0.2, -0.15) is 0 Å². The fraction of sp³-hybridized carbons (Fsp3) is 0.417. The molecule has 0 fully saturated rings. The second kappa shape index (κ2) is 3.72. The van der Waals surface area contributed by atoms with Gasteiger partial charge in [-0.05, 0) is 18.6 Å². The summed E-state index contributed by atoms with van der Waals surface area (Å²) in [6.07, 6.45) is 0. The van der Waals surface area contributed by atoms with Crippen LogP contribution < -0.4 is 0 Å². The van der Waals surface area contributed by atoms with E-state index in [4.69, 9.17) is 0 Å². The van der Waals surface area contributed by atoms with Crippen molar-refractivity contribution in [2.24, 2.45) is 5.41 Å². The Kier molecular flexibility index (Phi) is 2.93. The number of benzene rings is 1. The standard InChI is InChI=1S/C12H14F2O/c1-7-5-8(10(14)6-9(7)13)11(15)12(2,3)4/h5-6H,1-4H3. The van der Waals surface area contributed by atoms with E-state index >= 15 is 0 Å². The minimum absolute atomic E-state index is 0.0404. The third-order valence-corrected chi connectivity index (χ3v) is 2.17. The Morgan fingerprint density at radius 2 is 1.67 bits per heavy atom. The highest BCUT2D eigenvalue weighted by molar-refractivity contribution is 6.00. The van der Waals surface area contributed by atoms with Gasteiger partial charge in [0.2, 0.25) is 0 Å². The molecule has 0 radical (unpaired) electrons. The van der Waals surface area contributed by atoms with Crippen LogP contribution in [-0.4, -0.2) is 5.78 Å². The quantitative estimate of drug-likeness (QED) is 0.651. The van der Waals surface area contributed by atoms with Crippen molar-refractivity contribution < 1.29 is 13.6 Å². The summed E-state index contributed by atoms with van der Waals surface area (Å²) in [5.74, 6) is -1.74. The maximum atomic E-state index is 13.4. The van der Waals surface area contributed by atoms with E-state index in [1.54, 1.807) is 20.8 Å². The van der Waals surface area contributed by atoms with Gasteiger partial charge in [0.1, 0.15) is 11.6 Å². The molecule has 0 aliphatic heterocycles. The summed E-state index contributed by atoms with van der Waals surface area (Å²) in [7, 11) is 0. The summed E-state index contributed by atoms with van der Waals surface area (Å²) in [6, 6.07) is 2.02. The normalized spacial score (nSPS) is 11.6. The first-order valence-corrected chi connectivity index (χ1v) is 4.74. The maximum Gasteiger partial charge on any atom is 0.171 e. The molecule has 3 heteroatoms. The van der Waals surface area contributed by atoms with Gasteiger partial charge in [-0.1, -0.05) is 20.8 Å². The van der Waals surface area contributed by atoms with Gasteiger partial charge in [-0.15, -0.1) is 0 Å². The van der Waals surface area contributed by atoms with Crippen LogP contribution in [0.5, 0.6) is 0 Å². The van der Waals surface area contributed by atoms with Crippen LogP contribution in [0.3, 0.4) is 0 Å². The Morgan fingerprint density at radius 1 is 1.13 bits per heavy atom. The molecule has 1 aromatic rings. The second-order valence-electron chi connectivity index (χ2n) is 4.66. The Bertz CT molecular complexity index is 403. The lowest BCUT2D eigenvalue weighted by molar-refractivity contribution is 0.0853. The molecule has 0 bridgehead atoms. The minimum Gasteiger partial charge on any atom is -0.293 e. The van der Waals surface area contributed by atoms with Gasteiger partial charge < -0.3 is 0 Å². The topological polar surface area (TPSA) is 17.1 Å². The van der Waals surface area contributed by atoms with E-state index in [1.165, 1.54) is 13.0 Å². The number of hydrogen-bond acceptors (Lipinski definition) is 1. The molecule has 15 heavy (non-hydrogen) atoms. The average Bonchev–Trinajstić information content (AvgIpc) is 2.08. The van der Waals surface area contributed by atoms with Crippen molar-refractivity contribution in [2.75, 3.05) is 0 Å². The fourth-order valence-electron chi connectivity index (χ4n) is 1.24. The molecule has 0 aromatic heterocycles. The zero-order valence-electron chi connectivity index (χ0n) is 9.32. The van der Waals surface area contributed by atoms with Crippen molar-refractivity contribution in [1.82, 2.24) is 0 Å². The number of Topliss-reactive ketones (excluding diaryl/α,β-unsaturated/α-hetero) is 1. The molecule has 1 aromatic carbocycles. The van der Waals surface area contributed by atoms with Gasteiger partial charge in [-0.25, -0.2) is 8.78 Å². The molecule has 0 N–H and O–H groups in total. The molecule has 0 spiro atoms. The van der Waals surface area contributed by atoms with E-state index in [0.717, 1.165) is 6.07 Å². The van der Waals surface area contributed by atoms with Crippen molar-refractivity contribution >= 4 is 5.78 Å².